The van der Waals surface area contributed by atoms with E-state index in [9.17, 15) is 4.79 Å². The van der Waals surface area contributed by atoms with Gasteiger partial charge in [-0.05, 0) is 20.3 Å². The summed E-state index contributed by atoms with van der Waals surface area (Å²) >= 11 is 0. The minimum absolute atomic E-state index is 0.151. The van der Waals surface area contributed by atoms with Crippen LogP contribution in [0, 0.1) is 0 Å². The van der Waals surface area contributed by atoms with Crippen LogP contribution in [0.4, 0.5) is 0 Å². The highest BCUT2D eigenvalue weighted by Gasteiger charge is 2.33. The maximum Gasteiger partial charge on any atom is 0.326 e. The number of carbonyl (C=O) groups excluding carboxylic acids is 1. The molecule has 0 rings (SSSR count). The summed E-state index contributed by atoms with van der Waals surface area (Å²) in [5.41, 5.74) is -0.583. The lowest BCUT2D eigenvalue weighted by atomic mass is 9.94. The lowest BCUT2D eigenvalue weighted by Gasteiger charge is -2.28. The quantitative estimate of drug-likeness (QED) is 0.439. The predicted molar refractivity (Wildman–Crippen MR) is 78.3 cm³/mol. The van der Waals surface area contributed by atoms with Crippen LogP contribution in [-0.2, 0) is 14.3 Å². The molecule has 4 heteroatoms. The fraction of sp³-hybridized carbons (Fsp3) is 0.933. The molecule has 0 aromatic heterocycles. The number of ether oxygens (including phenoxy) is 2. The Balaban J connectivity index is 4.19. The molecule has 0 aliphatic heterocycles. The van der Waals surface area contributed by atoms with E-state index in [4.69, 9.17) is 9.47 Å². The molecule has 0 radical (unpaired) electrons. The van der Waals surface area contributed by atoms with Crippen molar-refractivity contribution < 1.29 is 14.3 Å². The number of hydrogen-bond donors (Lipinski definition) is 1. The van der Waals surface area contributed by atoms with Gasteiger partial charge >= 0.3 is 5.97 Å². The highest BCUT2D eigenvalue weighted by atomic mass is 16.5. The van der Waals surface area contributed by atoms with Gasteiger partial charge in [0, 0.05) is 13.7 Å². The summed E-state index contributed by atoms with van der Waals surface area (Å²) in [5, 5.41) is 3.27. The molecule has 19 heavy (non-hydrogen) atoms. The monoisotopic (exact) mass is 273 g/mol. The first kappa shape index (κ1) is 18.4. The molecule has 0 aliphatic rings. The van der Waals surface area contributed by atoms with Crippen LogP contribution in [0.25, 0.3) is 0 Å². The molecule has 0 aliphatic carbocycles. The molecule has 1 N–H and O–H groups in total. The summed E-state index contributed by atoms with van der Waals surface area (Å²) in [6.45, 7) is 7.67. The van der Waals surface area contributed by atoms with Crippen molar-refractivity contribution >= 4 is 5.97 Å². The first-order chi connectivity index (χ1) is 9.10. The fourth-order valence-corrected chi connectivity index (χ4v) is 2.06. The van der Waals surface area contributed by atoms with E-state index < -0.39 is 5.54 Å². The number of carbonyl (C=O) groups is 1. The molecule has 0 saturated heterocycles. The van der Waals surface area contributed by atoms with Crippen LogP contribution in [0.5, 0.6) is 0 Å². The molecule has 0 heterocycles. The number of hydrogen-bond acceptors (Lipinski definition) is 4. The zero-order valence-corrected chi connectivity index (χ0v) is 13.1. The average Bonchev–Trinajstić information content (AvgIpc) is 2.39. The van der Waals surface area contributed by atoms with Gasteiger partial charge in [-0.3, -0.25) is 10.1 Å². The Morgan fingerprint density at radius 1 is 1.16 bits per heavy atom. The third-order valence-corrected chi connectivity index (χ3v) is 3.33. The number of nitrogens with one attached hydrogen (secondary N) is 1. The van der Waals surface area contributed by atoms with Crippen LogP contribution in [0.3, 0.4) is 0 Å². The zero-order valence-electron chi connectivity index (χ0n) is 13.1. The molecule has 0 spiro atoms. The maximum atomic E-state index is 12.1. The SMILES string of the molecule is CCCCCCCC(C)(NCCOC)C(=O)OCC. The maximum absolute atomic E-state index is 12.1. The van der Waals surface area contributed by atoms with Gasteiger partial charge in [0.15, 0.2) is 0 Å². The second-order valence-electron chi connectivity index (χ2n) is 5.14. The molecular formula is C15H31NO3. The van der Waals surface area contributed by atoms with E-state index in [-0.39, 0.29) is 5.97 Å². The Hall–Kier alpha value is -0.610. The first-order valence-electron chi connectivity index (χ1n) is 7.52. The Labute approximate surface area is 118 Å². The molecule has 0 bridgehead atoms. The molecule has 0 fully saturated rings. The Bertz CT molecular complexity index is 233. The molecular weight excluding hydrogens is 242 g/mol. The van der Waals surface area contributed by atoms with Gasteiger partial charge in [-0.15, -0.1) is 0 Å². The molecule has 1 atom stereocenters. The minimum atomic E-state index is -0.583. The smallest absolute Gasteiger partial charge is 0.326 e. The van der Waals surface area contributed by atoms with Crippen molar-refractivity contribution in [3.63, 3.8) is 0 Å². The average molecular weight is 273 g/mol. The van der Waals surface area contributed by atoms with Crippen LogP contribution in [0.1, 0.15) is 59.3 Å². The van der Waals surface area contributed by atoms with Crippen molar-refractivity contribution in [2.75, 3.05) is 26.9 Å². The summed E-state index contributed by atoms with van der Waals surface area (Å²) in [5.74, 6) is -0.151. The lowest BCUT2D eigenvalue weighted by Crippen LogP contribution is -2.51. The van der Waals surface area contributed by atoms with Gasteiger partial charge < -0.3 is 9.47 Å². The van der Waals surface area contributed by atoms with Crippen molar-refractivity contribution in [2.24, 2.45) is 0 Å². The summed E-state index contributed by atoms with van der Waals surface area (Å²) in [6, 6.07) is 0. The summed E-state index contributed by atoms with van der Waals surface area (Å²) in [4.78, 5) is 12.1. The highest BCUT2D eigenvalue weighted by Crippen LogP contribution is 2.17. The summed E-state index contributed by atoms with van der Waals surface area (Å²) < 4.78 is 10.2. The number of methoxy groups -OCH3 is 1. The van der Waals surface area contributed by atoms with Crippen molar-refractivity contribution in [1.82, 2.24) is 5.32 Å². The highest BCUT2D eigenvalue weighted by molar-refractivity contribution is 5.80. The Kier molecular flexibility index (Phi) is 10.9. The number of unbranched alkanes of at least 4 members (excludes halogenated alkanes) is 4. The second kappa shape index (κ2) is 11.2. The van der Waals surface area contributed by atoms with Crippen molar-refractivity contribution in [3.8, 4) is 0 Å². The van der Waals surface area contributed by atoms with Gasteiger partial charge in [0.2, 0.25) is 0 Å². The van der Waals surface area contributed by atoms with Crippen LogP contribution < -0.4 is 5.32 Å². The lowest BCUT2D eigenvalue weighted by molar-refractivity contribution is -0.151. The van der Waals surface area contributed by atoms with Crippen molar-refractivity contribution in [3.05, 3.63) is 0 Å². The number of esters is 1. The second-order valence-corrected chi connectivity index (χ2v) is 5.14. The van der Waals surface area contributed by atoms with Crippen molar-refractivity contribution in [1.29, 1.82) is 0 Å². The van der Waals surface area contributed by atoms with Crippen LogP contribution in [-0.4, -0.2) is 38.4 Å². The molecule has 0 saturated carbocycles. The third-order valence-electron chi connectivity index (χ3n) is 3.33. The van der Waals surface area contributed by atoms with Gasteiger partial charge in [-0.1, -0.05) is 39.0 Å². The van der Waals surface area contributed by atoms with E-state index in [0.29, 0.717) is 19.8 Å². The molecule has 0 aromatic carbocycles. The largest absolute Gasteiger partial charge is 0.465 e. The molecule has 0 amide bonds. The van der Waals surface area contributed by atoms with E-state index in [0.717, 1.165) is 12.8 Å². The topological polar surface area (TPSA) is 47.6 Å². The van der Waals surface area contributed by atoms with Crippen LogP contribution in [0.15, 0.2) is 0 Å². The Morgan fingerprint density at radius 3 is 2.42 bits per heavy atom. The van der Waals surface area contributed by atoms with Crippen LogP contribution in [0.2, 0.25) is 0 Å². The molecule has 4 nitrogen and oxygen atoms in total. The minimum Gasteiger partial charge on any atom is -0.465 e. The van der Waals surface area contributed by atoms with E-state index >= 15 is 0 Å². The van der Waals surface area contributed by atoms with E-state index in [1.165, 1.54) is 25.7 Å². The molecule has 0 aromatic rings. The van der Waals surface area contributed by atoms with Gasteiger partial charge in [0.1, 0.15) is 5.54 Å². The van der Waals surface area contributed by atoms with Crippen molar-refractivity contribution in [2.45, 2.75) is 64.8 Å². The van der Waals surface area contributed by atoms with Gasteiger partial charge in [-0.25, -0.2) is 0 Å². The van der Waals surface area contributed by atoms with E-state index in [2.05, 4.69) is 12.2 Å². The number of rotatable bonds is 12. The van der Waals surface area contributed by atoms with E-state index in [1.54, 1.807) is 7.11 Å². The Morgan fingerprint density at radius 2 is 1.84 bits per heavy atom. The zero-order chi connectivity index (χ0) is 14.6. The summed E-state index contributed by atoms with van der Waals surface area (Å²) in [6.07, 6.45) is 6.80. The van der Waals surface area contributed by atoms with Gasteiger partial charge in [0.05, 0.1) is 13.2 Å². The molecule has 114 valence electrons. The van der Waals surface area contributed by atoms with Crippen LogP contribution >= 0.6 is 0 Å². The van der Waals surface area contributed by atoms with Gasteiger partial charge in [-0.2, -0.15) is 0 Å². The predicted octanol–water partition coefficient (Wildman–Crippen LogP) is 2.90. The van der Waals surface area contributed by atoms with E-state index in [1.807, 2.05) is 13.8 Å². The normalized spacial score (nSPS) is 14.1. The standard InChI is InChI=1S/C15H31NO3/c1-5-7-8-9-10-11-15(3,14(17)19-6-2)16-12-13-18-4/h16H,5-13H2,1-4H3. The first-order valence-corrected chi connectivity index (χ1v) is 7.52. The molecule has 1 unspecified atom stereocenters. The third kappa shape index (κ3) is 8.22. The fourth-order valence-electron chi connectivity index (χ4n) is 2.06. The van der Waals surface area contributed by atoms with Gasteiger partial charge in [0.25, 0.3) is 0 Å². The summed E-state index contributed by atoms with van der Waals surface area (Å²) in [7, 11) is 1.66.